The molecule has 100 valence electrons. The Morgan fingerprint density at radius 1 is 1.56 bits per heavy atom. The number of aryl methyl sites for hydroxylation is 1. The third-order valence-electron chi connectivity index (χ3n) is 3.40. The van der Waals surface area contributed by atoms with E-state index >= 15 is 0 Å². The van der Waals surface area contributed by atoms with Crippen LogP contribution in [0.15, 0.2) is 4.52 Å². The van der Waals surface area contributed by atoms with E-state index in [-0.39, 0.29) is 11.9 Å². The lowest BCUT2D eigenvalue weighted by Crippen LogP contribution is -2.44. The van der Waals surface area contributed by atoms with Crippen molar-refractivity contribution in [3.05, 3.63) is 5.89 Å². The quantitative estimate of drug-likeness (QED) is 0.868. The Bertz CT molecular complexity index is 418. The van der Waals surface area contributed by atoms with Crippen LogP contribution in [0.2, 0.25) is 0 Å². The number of amides is 1. The summed E-state index contributed by atoms with van der Waals surface area (Å²) in [5, 5.41) is 6.95. The fourth-order valence-electron chi connectivity index (χ4n) is 2.21. The molecule has 1 aliphatic rings. The molecule has 6 heteroatoms. The van der Waals surface area contributed by atoms with Crippen LogP contribution >= 0.6 is 0 Å². The van der Waals surface area contributed by atoms with E-state index in [0.29, 0.717) is 30.7 Å². The first-order valence-electron chi connectivity index (χ1n) is 6.47. The van der Waals surface area contributed by atoms with Crippen molar-refractivity contribution < 1.29 is 9.32 Å². The first-order valence-corrected chi connectivity index (χ1v) is 6.47. The van der Waals surface area contributed by atoms with E-state index in [1.54, 1.807) is 4.90 Å². The van der Waals surface area contributed by atoms with Crippen LogP contribution in [0.3, 0.4) is 0 Å². The van der Waals surface area contributed by atoms with Gasteiger partial charge in [0, 0.05) is 13.0 Å². The summed E-state index contributed by atoms with van der Waals surface area (Å²) in [6.45, 7) is 4.76. The van der Waals surface area contributed by atoms with Gasteiger partial charge >= 0.3 is 0 Å². The largest absolute Gasteiger partial charge is 0.337 e. The van der Waals surface area contributed by atoms with E-state index in [0.717, 1.165) is 12.8 Å². The number of carbonyl (C=O) groups is 1. The maximum absolute atomic E-state index is 12.4. The van der Waals surface area contributed by atoms with Crippen LogP contribution in [0.25, 0.3) is 0 Å². The van der Waals surface area contributed by atoms with Crippen molar-refractivity contribution in [1.82, 2.24) is 15.5 Å². The van der Waals surface area contributed by atoms with Crippen molar-refractivity contribution in [2.45, 2.75) is 39.2 Å². The minimum atomic E-state index is -0.161. The number of anilines is 1. The van der Waals surface area contributed by atoms with Gasteiger partial charge in [0.2, 0.25) is 11.8 Å². The molecule has 1 aromatic rings. The highest BCUT2D eigenvalue weighted by Gasteiger charge is 2.31. The van der Waals surface area contributed by atoms with Gasteiger partial charge in [-0.05, 0) is 31.0 Å². The Labute approximate surface area is 107 Å². The van der Waals surface area contributed by atoms with Gasteiger partial charge in [-0.15, -0.1) is 0 Å². The number of nitrogens with one attached hydrogen (secondary N) is 1. The molecule has 18 heavy (non-hydrogen) atoms. The van der Waals surface area contributed by atoms with Crippen LogP contribution in [0, 0.1) is 5.92 Å². The number of nitrogens with zero attached hydrogens (tertiary/aromatic N) is 3. The lowest BCUT2D eigenvalue weighted by Gasteiger charge is -2.20. The number of likely N-dealkylation sites (N-methyl/N-ethyl adjacent to an activating group) is 1. The molecular weight excluding hydrogens is 232 g/mol. The van der Waals surface area contributed by atoms with Crippen LogP contribution < -0.4 is 10.2 Å². The Kier molecular flexibility index (Phi) is 3.96. The van der Waals surface area contributed by atoms with Crippen molar-refractivity contribution in [3.63, 3.8) is 0 Å². The Morgan fingerprint density at radius 2 is 2.33 bits per heavy atom. The SMILES string of the molecule is CCc1nc(N2CCC(C)CC(NC)C2=O)no1. The molecule has 2 heterocycles. The van der Waals surface area contributed by atoms with Crippen molar-refractivity contribution in [1.29, 1.82) is 0 Å². The van der Waals surface area contributed by atoms with Crippen LogP contribution in [-0.4, -0.2) is 35.7 Å². The van der Waals surface area contributed by atoms with E-state index < -0.39 is 0 Å². The van der Waals surface area contributed by atoms with E-state index in [1.165, 1.54) is 0 Å². The van der Waals surface area contributed by atoms with Crippen molar-refractivity contribution in [3.8, 4) is 0 Å². The number of rotatable bonds is 3. The summed E-state index contributed by atoms with van der Waals surface area (Å²) >= 11 is 0. The van der Waals surface area contributed by atoms with Gasteiger partial charge in [-0.3, -0.25) is 9.69 Å². The Hall–Kier alpha value is -1.43. The minimum absolute atomic E-state index is 0.0327. The molecule has 0 saturated carbocycles. The summed E-state index contributed by atoms with van der Waals surface area (Å²) in [6, 6.07) is -0.161. The van der Waals surface area contributed by atoms with E-state index in [9.17, 15) is 4.79 Å². The first-order chi connectivity index (χ1) is 8.65. The molecule has 2 atom stereocenters. The van der Waals surface area contributed by atoms with Gasteiger partial charge in [-0.1, -0.05) is 13.8 Å². The molecule has 1 aromatic heterocycles. The third kappa shape index (κ3) is 2.53. The zero-order valence-electron chi connectivity index (χ0n) is 11.1. The summed E-state index contributed by atoms with van der Waals surface area (Å²) in [7, 11) is 1.81. The van der Waals surface area contributed by atoms with Gasteiger partial charge < -0.3 is 9.84 Å². The second kappa shape index (κ2) is 5.48. The highest BCUT2D eigenvalue weighted by atomic mass is 16.5. The average molecular weight is 252 g/mol. The normalized spacial score (nSPS) is 25.3. The lowest BCUT2D eigenvalue weighted by atomic mass is 10.0. The molecule has 1 fully saturated rings. The third-order valence-corrected chi connectivity index (χ3v) is 3.40. The predicted molar refractivity (Wildman–Crippen MR) is 67.3 cm³/mol. The van der Waals surface area contributed by atoms with Crippen LogP contribution in [-0.2, 0) is 11.2 Å². The van der Waals surface area contributed by atoms with Crippen molar-refractivity contribution in [2.24, 2.45) is 5.92 Å². The Morgan fingerprint density at radius 3 is 2.94 bits per heavy atom. The molecule has 1 saturated heterocycles. The van der Waals surface area contributed by atoms with Crippen molar-refractivity contribution in [2.75, 3.05) is 18.5 Å². The fraction of sp³-hybridized carbons (Fsp3) is 0.750. The molecule has 0 aliphatic carbocycles. The molecule has 0 bridgehead atoms. The predicted octanol–water partition coefficient (Wildman–Crippen LogP) is 0.983. The van der Waals surface area contributed by atoms with Crippen LogP contribution in [0.5, 0.6) is 0 Å². The number of hydrogen-bond acceptors (Lipinski definition) is 5. The summed E-state index contributed by atoms with van der Waals surface area (Å²) in [5.41, 5.74) is 0. The molecule has 2 unspecified atom stereocenters. The van der Waals surface area contributed by atoms with Crippen molar-refractivity contribution >= 4 is 11.9 Å². The molecule has 6 nitrogen and oxygen atoms in total. The summed E-state index contributed by atoms with van der Waals surface area (Å²) in [4.78, 5) is 18.2. The molecular formula is C12H20N4O2. The molecule has 0 spiro atoms. The molecule has 0 aromatic carbocycles. The fourth-order valence-corrected chi connectivity index (χ4v) is 2.21. The standard InChI is InChI=1S/C12H20N4O2/c1-4-10-14-12(15-18-10)16-6-5-8(2)7-9(13-3)11(16)17/h8-9,13H,4-7H2,1-3H3. The van der Waals surface area contributed by atoms with Gasteiger partial charge in [-0.25, -0.2) is 0 Å². The van der Waals surface area contributed by atoms with Crippen LogP contribution in [0.4, 0.5) is 5.95 Å². The minimum Gasteiger partial charge on any atom is -0.337 e. The van der Waals surface area contributed by atoms with E-state index in [4.69, 9.17) is 4.52 Å². The van der Waals surface area contributed by atoms with Gasteiger partial charge in [0.25, 0.3) is 5.95 Å². The van der Waals surface area contributed by atoms with Gasteiger partial charge in [-0.2, -0.15) is 4.98 Å². The monoisotopic (exact) mass is 252 g/mol. The highest BCUT2D eigenvalue weighted by Crippen LogP contribution is 2.21. The second-order valence-corrected chi connectivity index (χ2v) is 4.80. The molecule has 2 rings (SSSR count). The summed E-state index contributed by atoms with van der Waals surface area (Å²) in [5.74, 6) is 1.50. The van der Waals surface area contributed by atoms with Gasteiger partial charge in [0.05, 0.1) is 6.04 Å². The summed E-state index contributed by atoms with van der Waals surface area (Å²) in [6.07, 6.45) is 2.49. The molecule has 1 aliphatic heterocycles. The van der Waals surface area contributed by atoms with E-state index in [1.807, 2.05) is 14.0 Å². The number of aromatic nitrogens is 2. The first kappa shape index (κ1) is 13.0. The zero-order valence-corrected chi connectivity index (χ0v) is 11.1. The summed E-state index contributed by atoms with van der Waals surface area (Å²) < 4.78 is 5.08. The topological polar surface area (TPSA) is 71.3 Å². The zero-order chi connectivity index (χ0) is 13.1. The van der Waals surface area contributed by atoms with E-state index in [2.05, 4.69) is 22.4 Å². The van der Waals surface area contributed by atoms with Crippen LogP contribution in [0.1, 0.15) is 32.6 Å². The maximum Gasteiger partial charge on any atom is 0.272 e. The van der Waals surface area contributed by atoms with Gasteiger partial charge in [0.1, 0.15) is 0 Å². The number of hydrogen-bond donors (Lipinski definition) is 1. The smallest absolute Gasteiger partial charge is 0.272 e. The Balaban J connectivity index is 2.22. The van der Waals surface area contributed by atoms with Gasteiger partial charge in [0.15, 0.2) is 0 Å². The second-order valence-electron chi connectivity index (χ2n) is 4.80. The molecule has 1 amide bonds. The lowest BCUT2D eigenvalue weighted by molar-refractivity contribution is -0.120. The maximum atomic E-state index is 12.4. The highest BCUT2D eigenvalue weighted by molar-refractivity contribution is 5.95. The molecule has 1 N–H and O–H groups in total. The number of carbonyl (C=O) groups excluding carboxylic acids is 1. The molecule has 0 radical (unpaired) electrons. The average Bonchev–Trinajstić information content (AvgIpc) is 2.79.